The van der Waals surface area contributed by atoms with Crippen molar-refractivity contribution in [3.8, 4) is 0 Å². The zero-order valence-corrected chi connectivity index (χ0v) is 18.2. The summed E-state index contributed by atoms with van der Waals surface area (Å²) in [7, 11) is 0. The van der Waals surface area contributed by atoms with E-state index in [2.05, 4.69) is 5.32 Å². The van der Waals surface area contributed by atoms with Crippen LogP contribution < -0.4 is 11.1 Å². The van der Waals surface area contributed by atoms with Gasteiger partial charge < -0.3 is 26.0 Å². The van der Waals surface area contributed by atoms with Crippen molar-refractivity contribution in [1.82, 2.24) is 15.1 Å². The molecule has 2 saturated heterocycles. The Labute approximate surface area is 182 Å². The predicted octanol–water partition coefficient (Wildman–Crippen LogP) is 0.210. The van der Waals surface area contributed by atoms with Gasteiger partial charge in [0, 0.05) is 48.2 Å². The molecule has 4 N–H and O–H groups in total. The maximum Gasteiger partial charge on any atom is 0.353 e. The van der Waals surface area contributed by atoms with Gasteiger partial charge in [-0.05, 0) is 13.3 Å². The Bertz CT molecular complexity index is 838. The Kier molecular flexibility index (Phi) is 6.61. The lowest BCUT2D eigenvalue weighted by Gasteiger charge is -2.47. The van der Waals surface area contributed by atoms with Gasteiger partial charge in [-0.25, -0.2) is 4.79 Å². The van der Waals surface area contributed by atoms with Crippen molar-refractivity contribution >= 4 is 35.5 Å². The molecular formula is C19H26F2N4O5S. The molecule has 6 atom stereocenters. The van der Waals surface area contributed by atoms with Crippen molar-refractivity contribution < 1.29 is 33.1 Å². The number of carboxylic acids is 1. The minimum atomic E-state index is -3.20. The molecule has 0 bridgehead atoms. The molecule has 2 fully saturated rings. The summed E-state index contributed by atoms with van der Waals surface area (Å²) >= 11 is 1.28. The van der Waals surface area contributed by atoms with E-state index in [0.717, 1.165) is 0 Å². The summed E-state index contributed by atoms with van der Waals surface area (Å²) in [5.41, 5.74) is 5.86. The molecule has 172 valence electrons. The van der Waals surface area contributed by atoms with Crippen LogP contribution in [0.15, 0.2) is 10.6 Å². The molecule has 1 unspecified atom stereocenters. The largest absolute Gasteiger partial charge is 0.477 e. The van der Waals surface area contributed by atoms with E-state index in [0.29, 0.717) is 23.6 Å². The lowest BCUT2D eigenvalue weighted by molar-refractivity contribution is -0.159. The molecule has 3 amide bonds. The maximum atomic E-state index is 12.7. The van der Waals surface area contributed by atoms with Crippen LogP contribution in [0.2, 0.25) is 0 Å². The highest BCUT2D eigenvalue weighted by Gasteiger charge is 2.60. The van der Waals surface area contributed by atoms with Crippen molar-refractivity contribution in [2.75, 3.05) is 12.3 Å². The minimum Gasteiger partial charge on any atom is -0.477 e. The number of carbonyl (C=O) groups excluding carboxylic acids is 3. The minimum absolute atomic E-state index is 0.104. The number of likely N-dealkylation sites (tertiary alicyclic amines) is 1. The topological polar surface area (TPSA) is 133 Å². The SMILES string of the molecule is CC(=O)N1C[C@@H](N)CC1CSC1=C(C(=O)O)N2C(=O)[C@H]([C@@H](C)NC(=O)C(F)F)[C@H]2[C@H]1C. The van der Waals surface area contributed by atoms with Gasteiger partial charge in [0.15, 0.2) is 0 Å². The Hall–Kier alpha value is -2.21. The fourth-order valence-electron chi connectivity index (χ4n) is 4.79. The molecule has 31 heavy (non-hydrogen) atoms. The van der Waals surface area contributed by atoms with Gasteiger partial charge in [0.1, 0.15) is 5.70 Å². The van der Waals surface area contributed by atoms with Gasteiger partial charge in [0.05, 0.1) is 12.0 Å². The zero-order chi connectivity index (χ0) is 23.2. The van der Waals surface area contributed by atoms with Crippen LogP contribution in [0.25, 0.3) is 0 Å². The first-order chi connectivity index (χ1) is 14.5. The van der Waals surface area contributed by atoms with Crippen LogP contribution in [0.4, 0.5) is 8.78 Å². The number of rotatable bonds is 7. The molecule has 0 aliphatic carbocycles. The molecule has 3 heterocycles. The first-order valence-electron chi connectivity index (χ1n) is 10.00. The van der Waals surface area contributed by atoms with E-state index in [1.165, 1.54) is 30.5 Å². The number of hydrogen-bond donors (Lipinski definition) is 3. The van der Waals surface area contributed by atoms with E-state index >= 15 is 0 Å². The number of β-lactam (4-membered cyclic amide) rings is 1. The molecule has 0 aromatic rings. The number of alkyl halides is 2. The number of fused-ring (bicyclic) bond motifs is 1. The Morgan fingerprint density at radius 2 is 2.00 bits per heavy atom. The van der Waals surface area contributed by atoms with E-state index in [1.54, 1.807) is 11.8 Å². The average Bonchev–Trinajstić information content (AvgIpc) is 3.15. The Morgan fingerprint density at radius 3 is 2.55 bits per heavy atom. The van der Waals surface area contributed by atoms with Crippen LogP contribution in [-0.2, 0) is 19.2 Å². The fourth-order valence-corrected chi connectivity index (χ4v) is 6.21. The van der Waals surface area contributed by atoms with Crippen molar-refractivity contribution in [3.63, 3.8) is 0 Å². The van der Waals surface area contributed by atoms with Gasteiger partial charge in [-0.3, -0.25) is 14.4 Å². The number of aliphatic carboxylic acids is 1. The summed E-state index contributed by atoms with van der Waals surface area (Å²) in [5.74, 6) is -4.05. The molecule has 0 aromatic heterocycles. The first-order valence-corrected chi connectivity index (χ1v) is 11.0. The second-order valence-electron chi connectivity index (χ2n) is 8.26. The van der Waals surface area contributed by atoms with Gasteiger partial charge in [0.2, 0.25) is 11.8 Å². The van der Waals surface area contributed by atoms with Crippen molar-refractivity contribution in [2.45, 2.75) is 57.8 Å². The highest BCUT2D eigenvalue weighted by Crippen LogP contribution is 2.50. The summed E-state index contributed by atoms with van der Waals surface area (Å²) in [4.78, 5) is 51.2. The van der Waals surface area contributed by atoms with E-state index in [4.69, 9.17) is 5.73 Å². The molecule has 0 radical (unpaired) electrons. The van der Waals surface area contributed by atoms with Crippen LogP contribution in [0.5, 0.6) is 0 Å². The highest BCUT2D eigenvalue weighted by atomic mass is 32.2. The number of nitrogens with zero attached hydrogens (tertiary/aromatic N) is 2. The summed E-state index contributed by atoms with van der Waals surface area (Å²) < 4.78 is 25.2. The Morgan fingerprint density at radius 1 is 1.35 bits per heavy atom. The molecular weight excluding hydrogens is 434 g/mol. The summed E-state index contributed by atoms with van der Waals surface area (Å²) in [5, 5.41) is 11.9. The summed E-state index contributed by atoms with van der Waals surface area (Å²) in [6, 6.07) is -1.69. The van der Waals surface area contributed by atoms with Crippen LogP contribution in [0, 0.1) is 11.8 Å². The van der Waals surface area contributed by atoms with Gasteiger partial charge >= 0.3 is 12.4 Å². The zero-order valence-electron chi connectivity index (χ0n) is 17.4. The van der Waals surface area contributed by atoms with Crippen LogP contribution in [-0.4, -0.2) is 81.5 Å². The number of amides is 3. The number of hydrogen-bond acceptors (Lipinski definition) is 6. The van der Waals surface area contributed by atoms with Gasteiger partial charge in [-0.1, -0.05) is 6.92 Å². The summed E-state index contributed by atoms with van der Waals surface area (Å²) in [6.45, 7) is 5.14. The first kappa shape index (κ1) is 23.5. The van der Waals surface area contributed by atoms with E-state index in [-0.39, 0.29) is 29.6 Å². The third-order valence-electron chi connectivity index (χ3n) is 6.18. The second kappa shape index (κ2) is 8.73. The van der Waals surface area contributed by atoms with Crippen molar-refractivity contribution in [1.29, 1.82) is 0 Å². The van der Waals surface area contributed by atoms with Crippen LogP contribution in [0.1, 0.15) is 27.2 Å². The lowest BCUT2D eigenvalue weighted by Crippen LogP contribution is -2.66. The quantitative estimate of drug-likeness (QED) is 0.463. The summed E-state index contributed by atoms with van der Waals surface area (Å²) in [6.07, 6.45) is -2.60. The Balaban J connectivity index is 1.76. The number of nitrogens with one attached hydrogen (secondary N) is 1. The number of carboxylic acid groups (broad SMARTS) is 1. The molecule has 9 nitrogen and oxygen atoms in total. The number of thioether (sulfide) groups is 1. The molecule has 0 saturated carbocycles. The monoisotopic (exact) mass is 460 g/mol. The van der Waals surface area contributed by atoms with Crippen LogP contribution in [0.3, 0.4) is 0 Å². The number of carbonyl (C=O) groups is 4. The second-order valence-corrected chi connectivity index (χ2v) is 9.32. The molecule has 3 aliphatic rings. The molecule has 3 rings (SSSR count). The van der Waals surface area contributed by atoms with Crippen LogP contribution >= 0.6 is 11.8 Å². The molecule has 0 spiro atoms. The average molecular weight is 461 g/mol. The van der Waals surface area contributed by atoms with E-state index in [1.807, 2.05) is 0 Å². The van der Waals surface area contributed by atoms with Crippen molar-refractivity contribution in [2.24, 2.45) is 17.6 Å². The van der Waals surface area contributed by atoms with Gasteiger partial charge in [0.25, 0.3) is 5.91 Å². The lowest BCUT2D eigenvalue weighted by atomic mass is 9.78. The highest BCUT2D eigenvalue weighted by molar-refractivity contribution is 8.03. The fraction of sp³-hybridized carbons (Fsp3) is 0.684. The smallest absolute Gasteiger partial charge is 0.353 e. The number of nitrogens with two attached hydrogens (primary N) is 1. The third-order valence-corrected chi connectivity index (χ3v) is 7.61. The van der Waals surface area contributed by atoms with Crippen molar-refractivity contribution in [3.05, 3.63) is 10.6 Å². The van der Waals surface area contributed by atoms with E-state index in [9.17, 15) is 33.1 Å². The number of halogens is 2. The molecule has 3 aliphatic heterocycles. The molecule has 12 heteroatoms. The van der Waals surface area contributed by atoms with E-state index < -0.39 is 42.2 Å². The van der Waals surface area contributed by atoms with Gasteiger partial charge in [-0.15, -0.1) is 11.8 Å². The normalized spacial score (nSPS) is 31.1. The van der Waals surface area contributed by atoms with Gasteiger partial charge in [-0.2, -0.15) is 8.78 Å². The molecule has 0 aromatic carbocycles. The predicted molar refractivity (Wildman–Crippen MR) is 108 cm³/mol. The maximum absolute atomic E-state index is 12.7. The third kappa shape index (κ3) is 4.14. The standard InChI is InChI=1S/C19H26F2N4O5S/c1-7-13-12(8(2)23-17(27)16(20)21)18(28)25(13)14(19(29)30)15(7)31-6-11-4-10(22)5-24(11)9(3)26/h7-8,10-13,16H,4-6,22H2,1-3H3,(H,23,27)(H,29,30)/t7-,8-,10+,11?,12-,13-/m1/s1.